The summed E-state index contributed by atoms with van der Waals surface area (Å²) < 4.78 is 303. The van der Waals surface area contributed by atoms with Crippen molar-refractivity contribution in [3.63, 3.8) is 0 Å². The van der Waals surface area contributed by atoms with Crippen molar-refractivity contribution in [2.75, 3.05) is 46.6 Å². The lowest BCUT2D eigenvalue weighted by Gasteiger charge is -2.39. The number of rotatable bonds is 16. The van der Waals surface area contributed by atoms with Crippen LogP contribution in [0.5, 0.6) is 0 Å². The molecule has 0 saturated carbocycles. The van der Waals surface area contributed by atoms with E-state index in [0.29, 0.717) is 36.4 Å². The van der Waals surface area contributed by atoms with Gasteiger partial charge in [0.25, 0.3) is 0 Å². The van der Waals surface area contributed by atoms with E-state index in [9.17, 15) is 81.7 Å². The van der Waals surface area contributed by atoms with Crippen LogP contribution in [0.1, 0.15) is 34.6 Å². The van der Waals surface area contributed by atoms with E-state index in [4.69, 9.17) is 18.9 Å². The number of H-pyrrole nitrogens is 2. The van der Waals surface area contributed by atoms with Crippen LogP contribution < -0.4 is 0 Å². The third-order valence-electron chi connectivity index (χ3n) is 20.8. The summed E-state index contributed by atoms with van der Waals surface area (Å²) in [5, 5.41) is 167. The normalized spacial score (nSPS) is 30.3. The number of nitrogens with one attached hydrogen (secondary N) is 2. The minimum Gasteiger partial charge on any atom is -0.394 e. The van der Waals surface area contributed by atoms with Crippen molar-refractivity contribution in [2.45, 2.75) is 151 Å². The van der Waals surface area contributed by atoms with Crippen LogP contribution in [0.3, 0.4) is 0 Å². The number of hydrogen-bond donors (Lipinski definition) is 18. The number of likely N-dealkylation sites (tertiary alicyclic amines) is 1. The molecular weight excluding hydrogens is 1680 g/mol. The number of thioether (sulfide) groups is 4. The highest BCUT2D eigenvalue weighted by atomic mass is 32.2. The number of fused-ring (bicyclic) bond motifs is 11. The Bertz CT molecular complexity index is 4870. The van der Waals surface area contributed by atoms with Crippen molar-refractivity contribution < 1.29 is 171 Å². The first-order valence-corrected chi connectivity index (χ1v) is 38.0. The fourth-order valence-electron chi connectivity index (χ4n) is 14.8. The zero-order valence-corrected chi connectivity index (χ0v) is 61.5. The van der Waals surface area contributed by atoms with Crippen molar-refractivity contribution >= 4 is 81.3 Å². The molecule has 626 valence electrons. The predicted octanol–water partition coefficient (Wildman–Crippen LogP) is 4.76. The minimum atomic E-state index is -2.47. The zero-order valence-electron chi connectivity index (χ0n) is 58.2. The standard InChI is InChI=1S/C71H61F16N5O20S4/c1-92-8-14-15(9-92)51-29(33-40(78)48(86)67(49(87)41(33)79)116-71-63(108)59(104)55(100)25(13-96)112-71)21-7-5-19(90-21)27(31-36(74)44(82)65(45(83)37(31)75)114-69-61(106)57(102)53(98)23(11-94)110-69)17-3-2-16(88-17)26(30-34(72)42(80)64(43(81)35(30)73)113-68-60(105)56(101)52(97)22(10-93)109-68)18-4-6-20(89-18)28(50(14)91-51)32-38(76)46(84)66(47(85)39(32)77)115-70-62(107)58(103)54(99)24(12-95)111-70/h2-7,14-15,22-25,52-63,68-71,89-90,93-108H,8-13H2,1H3/t14-,15+,22-,23-,24-,25-,52+,53+,54+,55+,56+,57+,58+,59+,60-,61-,62-,63-,68+,69+,70+,71+/m1/s1. The molecule has 7 aromatic rings. The number of aromatic nitrogens is 4. The molecule has 25 nitrogen and oxygen atoms in total. The lowest BCUT2D eigenvalue weighted by molar-refractivity contribution is -0.205. The highest BCUT2D eigenvalue weighted by molar-refractivity contribution is 8.00. The molecule has 18 N–H and O–H groups in total. The molecule has 116 heavy (non-hydrogen) atoms. The average Bonchev–Trinajstić information content (AvgIpc) is 1.54. The van der Waals surface area contributed by atoms with Crippen LogP contribution in [0.25, 0.3) is 78.7 Å². The number of ether oxygens (including phenoxy) is 4. The third-order valence-corrected chi connectivity index (χ3v) is 25.6. The first-order valence-electron chi connectivity index (χ1n) is 34.4. The average molecular weight is 1740 g/mol. The number of likely N-dealkylation sites (N-methyl/N-ethyl adjacent to an activating group) is 1. The number of aromatic amines is 2. The minimum absolute atomic E-state index is 0.348. The van der Waals surface area contributed by atoms with Gasteiger partial charge in [-0.2, -0.15) is 0 Å². The third kappa shape index (κ3) is 14.2. The first-order chi connectivity index (χ1) is 54.9. The van der Waals surface area contributed by atoms with Gasteiger partial charge in [-0.25, -0.2) is 75.2 Å². The van der Waals surface area contributed by atoms with Crippen molar-refractivity contribution in [1.82, 2.24) is 24.8 Å². The first kappa shape index (κ1) is 85.6. The highest BCUT2D eigenvalue weighted by Crippen LogP contribution is 2.55. The molecule has 4 aromatic carbocycles. The second-order valence-corrected chi connectivity index (χ2v) is 32.1. The maximum absolute atomic E-state index is 18.0. The lowest BCUT2D eigenvalue weighted by Crippen LogP contribution is -2.57. The molecule has 14 rings (SSSR count). The Morgan fingerprint density at radius 2 is 0.526 bits per heavy atom. The van der Waals surface area contributed by atoms with Gasteiger partial charge in [-0.05, 0) is 43.5 Å². The number of nitrogens with zero attached hydrogens (tertiary/aromatic N) is 3. The molecule has 7 aliphatic rings. The number of halogens is 16. The van der Waals surface area contributed by atoms with Gasteiger partial charge in [0, 0.05) is 69.2 Å². The Morgan fingerprint density at radius 1 is 0.310 bits per heavy atom. The summed E-state index contributed by atoms with van der Waals surface area (Å²) in [5.74, 6) is -42.2. The molecule has 7 aliphatic heterocycles. The fraction of sp³-hybridized carbons (Fsp3) is 0.408. The van der Waals surface area contributed by atoms with Gasteiger partial charge in [0.15, 0.2) is 93.1 Å². The second-order valence-electron chi connectivity index (χ2n) is 27.7. The number of benzene rings is 4. The second kappa shape index (κ2) is 33.0. The van der Waals surface area contributed by atoms with Crippen LogP contribution in [-0.4, -0.2) is 273 Å². The fourth-order valence-corrected chi connectivity index (χ4v) is 19.3. The van der Waals surface area contributed by atoms with E-state index in [0.717, 1.165) is 0 Å². The molecule has 0 unspecified atom stereocenters. The van der Waals surface area contributed by atoms with Gasteiger partial charge in [-0.15, -0.1) is 0 Å². The van der Waals surface area contributed by atoms with Crippen molar-refractivity contribution in [1.29, 1.82) is 0 Å². The molecule has 3 aromatic heterocycles. The van der Waals surface area contributed by atoms with Gasteiger partial charge in [0.05, 0.1) is 91.0 Å². The molecule has 45 heteroatoms. The smallest absolute Gasteiger partial charge is 0.176 e. The van der Waals surface area contributed by atoms with Gasteiger partial charge in [0.2, 0.25) is 0 Å². The van der Waals surface area contributed by atoms with E-state index in [1.165, 1.54) is 11.9 Å². The lowest BCUT2D eigenvalue weighted by atomic mass is 9.86. The molecule has 5 fully saturated rings. The molecule has 8 bridgehead atoms. The summed E-state index contributed by atoms with van der Waals surface area (Å²) in [6, 6.07) is 2.71. The maximum atomic E-state index is 18.0. The van der Waals surface area contributed by atoms with Gasteiger partial charge in [0.1, 0.15) is 119 Å². The van der Waals surface area contributed by atoms with E-state index in [-0.39, 0.29) is 47.0 Å². The van der Waals surface area contributed by atoms with Crippen LogP contribution in [0.15, 0.2) is 43.8 Å². The van der Waals surface area contributed by atoms with Gasteiger partial charge >= 0.3 is 0 Å². The van der Waals surface area contributed by atoms with Crippen molar-refractivity contribution in [2.24, 2.45) is 0 Å². The molecule has 0 amide bonds. The van der Waals surface area contributed by atoms with Gasteiger partial charge < -0.3 is 116 Å². The Morgan fingerprint density at radius 3 is 0.750 bits per heavy atom. The monoisotopic (exact) mass is 1740 g/mol. The molecule has 5 saturated heterocycles. The maximum Gasteiger partial charge on any atom is 0.176 e. The van der Waals surface area contributed by atoms with E-state index in [1.54, 1.807) is 0 Å². The van der Waals surface area contributed by atoms with E-state index in [2.05, 4.69) is 19.9 Å². The number of aliphatic hydroxyl groups excluding tert-OH is 16. The molecular formula is C71H61F16N5O20S4. The molecule has 0 radical (unpaired) electrons. The molecule has 0 spiro atoms. The zero-order chi connectivity index (χ0) is 84.0. The Balaban J connectivity index is 1.11. The summed E-state index contributed by atoms with van der Waals surface area (Å²) >= 11 is -1.42. The summed E-state index contributed by atoms with van der Waals surface area (Å²) in [6.45, 7) is -5.55. The van der Waals surface area contributed by atoms with Gasteiger partial charge in [-0.3, -0.25) is 4.98 Å². The summed E-state index contributed by atoms with van der Waals surface area (Å²) in [4.78, 5) is 8.38. The number of aliphatic hydroxyl groups is 16. The van der Waals surface area contributed by atoms with Crippen LogP contribution in [-0.2, 0) is 18.9 Å². The predicted molar refractivity (Wildman–Crippen MR) is 372 cm³/mol. The van der Waals surface area contributed by atoms with Crippen molar-refractivity contribution in [3.05, 3.63) is 140 Å². The summed E-state index contributed by atoms with van der Waals surface area (Å²) in [6.07, 6.45) is -32.8. The quantitative estimate of drug-likeness (QED) is 0.0458. The highest BCUT2D eigenvalue weighted by Gasteiger charge is 2.52. The molecule has 0 aliphatic carbocycles. The van der Waals surface area contributed by atoms with Crippen LogP contribution in [0.4, 0.5) is 70.2 Å². The molecule has 22 atom stereocenters. The van der Waals surface area contributed by atoms with Crippen LogP contribution >= 0.6 is 47.0 Å². The Labute approximate surface area is 656 Å². The summed E-state index contributed by atoms with van der Waals surface area (Å²) in [7, 11) is 1.32. The number of hydrogen-bond acceptors (Lipinski definition) is 27. The van der Waals surface area contributed by atoms with E-state index < -0.39 is 373 Å². The van der Waals surface area contributed by atoms with Crippen molar-refractivity contribution in [3.8, 4) is 44.5 Å². The van der Waals surface area contributed by atoms with Crippen LogP contribution in [0, 0.1) is 93.1 Å². The SMILES string of the molecule is CN1C[C@@H]2c3nc(c(-c4c(F)c(F)c(S[C@@H]5O[C@H](CO)[C@H](O)[C@H](O)[C@H]5O)c(F)c4F)c4ccc([nH]4)c(-c4c(F)c(F)c(S[C@@H]5O[C@H](CO)[C@H](O)[C@H](O)[C@H]5O)c(F)c4F)c4nc(c(-c5c(F)c(F)c(S[C@@H]6O[C@H](CO)[C@H](O)[C@H](O)[C@H]6O)c(F)c5F)c5ccc([nH]5)c3-c3c(F)c(F)c(S[C@@H]5O[C@H](CO)[C@H](O)[C@H](O)[C@H]5O)c(F)c3F)C=C4)[C@@H]2C1. The van der Waals surface area contributed by atoms with E-state index in [1.807, 2.05) is 0 Å². The van der Waals surface area contributed by atoms with Gasteiger partial charge in [-0.1, -0.05) is 47.0 Å². The summed E-state index contributed by atoms with van der Waals surface area (Å²) in [5.41, 5.74) is -29.3. The molecule has 10 heterocycles. The Kier molecular flexibility index (Phi) is 24.3. The topological polar surface area (TPSA) is 421 Å². The van der Waals surface area contributed by atoms with E-state index >= 15 is 70.2 Å². The van der Waals surface area contributed by atoms with Crippen LogP contribution in [0.2, 0.25) is 0 Å². The largest absolute Gasteiger partial charge is 0.394 e. The Hall–Kier alpha value is -6.82.